The Morgan fingerprint density at radius 2 is 2.10 bits per heavy atom. The SMILES string of the molecule is C=Cc1cc2c(cc1Cl)C=C(C(=O)O)[C@@H](C(F)(F)F)O2. The van der Waals surface area contributed by atoms with Crippen LogP contribution in [0.3, 0.4) is 0 Å². The molecule has 1 atom stereocenters. The second kappa shape index (κ2) is 4.86. The third kappa shape index (κ3) is 2.51. The second-order valence-electron chi connectivity index (χ2n) is 4.06. The minimum Gasteiger partial charge on any atom is -0.478 e. The maximum absolute atomic E-state index is 12.8. The summed E-state index contributed by atoms with van der Waals surface area (Å²) >= 11 is 5.89. The average molecular weight is 305 g/mol. The molecule has 0 aliphatic carbocycles. The molecule has 0 aromatic heterocycles. The highest BCUT2D eigenvalue weighted by atomic mass is 35.5. The van der Waals surface area contributed by atoms with E-state index in [1.165, 1.54) is 18.2 Å². The first-order chi connectivity index (χ1) is 9.24. The van der Waals surface area contributed by atoms with Gasteiger partial charge in [0.25, 0.3) is 0 Å². The predicted molar refractivity (Wildman–Crippen MR) is 67.6 cm³/mol. The molecule has 0 radical (unpaired) electrons. The van der Waals surface area contributed by atoms with Gasteiger partial charge in [0.2, 0.25) is 6.10 Å². The van der Waals surface area contributed by atoms with E-state index in [2.05, 4.69) is 6.58 Å². The Morgan fingerprint density at radius 3 is 2.60 bits per heavy atom. The zero-order valence-corrected chi connectivity index (χ0v) is 10.6. The van der Waals surface area contributed by atoms with E-state index in [1.54, 1.807) is 0 Å². The first kappa shape index (κ1) is 14.5. The molecule has 1 N–H and O–H groups in total. The van der Waals surface area contributed by atoms with E-state index in [0.717, 1.165) is 6.08 Å². The monoisotopic (exact) mass is 304 g/mol. The zero-order valence-electron chi connectivity index (χ0n) is 9.87. The second-order valence-corrected chi connectivity index (χ2v) is 4.47. The first-order valence-corrected chi connectivity index (χ1v) is 5.76. The van der Waals surface area contributed by atoms with Crippen LogP contribution in [0, 0.1) is 0 Å². The van der Waals surface area contributed by atoms with Gasteiger partial charge in [-0.1, -0.05) is 24.3 Å². The fraction of sp³-hybridized carbons (Fsp3) is 0.154. The number of halogens is 4. The molecular formula is C13H8ClF3O3. The highest BCUT2D eigenvalue weighted by Crippen LogP contribution is 2.39. The van der Waals surface area contributed by atoms with Crippen LogP contribution in [0.2, 0.25) is 5.02 Å². The third-order valence-electron chi connectivity index (χ3n) is 2.73. The van der Waals surface area contributed by atoms with Crippen molar-refractivity contribution in [2.24, 2.45) is 0 Å². The summed E-state index contributed by atoms with van der Waals surface area (Å²) < 4.78 is 43.3. The van der Waals surface area contributed by atoms with E-state index in [-0.39, 0.29) is 16.3 Å². The summed E-state index contributed by atoms with van der Waals surface area (Å²) in [6, 6.07) is 2.63. The van der Waals surface area contributed by atoms with Gasteiger partial charge in [0.1, 0.15) is 5.75 Å². The highest BCUT2D eigenvalue weighted by Gasteiger charge is 2.48. The Bertz CT molecular complexity index is 620. The van der Waals surface area contributed by atoms with Gasteiger partial charge >= 0.3 is 12.1 Å². The fourth-order valence-corrected chi connectivity index (χ4v) is 2.06. The van der Waals surface area contributed by atoms with E-state index < -0.39 is 23.8 Å². The van der Waals surface area contributed by atoms with Gasteiger partial charge in [-0.2, -0.15) is 13.2 Å². The summed E-state index contributed by atoms with van der Waals surface area (Å²) in [5, 5.41) is 9.11. The minimum atomic E-state index is -4.82. The molecule has 0 amide bonds. The summed E-state index contributed by atoms with van der Waals surface area (Å²) in [5.41, 5.74) is -0.301. The third-order valence-corrected chi connectivity index (χ3v) is 3.06. The molecule has 1 heterocycles. The van der Waals surface area contributed by atoms with Crippen LogP contribution in [-0.4, -0.2) is 23.4 Å². The van der Waals surface area contributed by atoms with Crippen LogP contribution in [0.1, 0.15) is 11.1 Å². The number of benzene rings is 1. The van der Waals surface area contributed by atoms with E-state index in [0.29, 0.717) is 5.56 Å². The highest BCUT2D eigenvalue weighted by molar-refractivity contribution is 6.32. The lowest BCUT2D eigenvalue weighted by molar-refractivity contribution is -0.187. The van der Waals surface area contributed by atoms with Crippen molar-refractivity contribution in [3.63, 3.8) is 0 Å². The average Bonchev–Trinajstić information content (AvgIpc) is 2.35. The van der Waals surface area contributed by atoms with Crippen LogP contribution in [0.5, 0.6) is 5.75 Å². The number of aliphatic carboxylic acids is 1. The van der Waals surface area contributed by atoms with Crippen LogP contribution in [-0.2, 0) is 4.79 Å². The molecular weight excluding hydrogens is 297 g/mol. The Morgan fingerprint density at radius 1 is 1.45 bits per heavy atom. The quantitative estimate of drug-likeness (QED) is 0.904. The van der Waals surface area contributed by atoms with E-state index >= 15 is 0 Å². The van der Waals surface area contributed by atoms with Crippen LogP contribution < -0.4 is 4.74 Å². The number of carboxylic acid groups (broad SMARTS) is 1. The summed E-state index contributed by atoms with van der Waals surface area (Å²) in [4.78, 5) is 10.9. The molecule has 0 fully saturated rings. The molecule has 0 saturated heterocycles. The van der Waals surface area contributed by atoms with Crippen molar-refractivity contribution < 1.29 is 27.8 Å². The molecule has 0 saturated carbocycles. The van der Waals surface area contributed by atoms with Crippen LogP contribution in [0.15, 0.2) is 24.3 Å². The van der Waals surface area contributed by atoms with Crippen LogP contribution in [0.4, 0.5) is 13.2 Å². The maximum atomic E-state index is 12.8. The predicted octanol–water partition coefficient (Wildman–Crippen LogP) is 3.77. The molecule has 106 valence electrons. The Hall–Kier alpha value is -1.95. The summed E-state index contributed by atoms with van der Waals surface area (Å²) in [7, 11) is 0. The van der Waals surface area contributed by atoms with Gasteiger partial charge in [0.05, 0.1) is 5.57 Å². The van der Waals surface area contributed by atoms with Crippen molar-refractivity contribution in [2.75, 3.05) is 0 Å². The standard InChI is InChI=1S/C13H8ClF3O3/c1-2-6-5-10-7(4-9(6)14)3-8(12(18)19)11(20-10)13(15,16)17/h2-5,11H,1H2,(H,18,19)/t11-/m0/s1. The number of carbonyl (C=O) groups is 1. The fourth-order valence-electron chi connectivity index (χ4n) is 1.81. The first-order valence-electron chi connectivity index (χ1n) is 5.38. The number of fused-ring (bicyclic) bond motifs is 1. The Kier molecular flexibility index (Phi) is 3.52. The number of alkyl halides is 3. The lowest BCUT2D eigenvalue weighted by atomic mass is 10.00. The van der Waals surface area contributed by atoms with Gasteiger partial charge in [-0.15, -0.1) is 0 Å². The van der Waals surface area contributed by atoms with Crippen LogP contribution >= 0.6 is 11.6 Å². The topological polar surface area (TPSA) is 46.5 Å². The number of carboxylic acids is 1. The Labute approximate surface area is 116 Å². The summed E-state index contributed by atoms with van der Waals surface area (Å²) in [5.74, 6) is -1.78. The maximum Gasteiger partial charge on any atom is 0.430 e. The van der Waals surface area contributed by atoms with Crippen molar-refractivity contribution in [1.29, 1.82) is 0 Å². The number of hydrogen-bond acceptors (Lipinski definition) is 2. The molecule has 0 bridgehead atoms. The summed E-state index contributed by atoms with van der Waals surface area (Å²) in [6.45, 7) is 3.48. The molecule has 3 nitrogen and oxygen atoms in total. The van der Waals surface area contributed by atoms with Crippen molar-refractivity contribution in [2.45, 2.75) is 12.3 Å². The lowest BCUT2D eigenvalue weighted by Gasteiger charge is -2.27. The van der Waals surface area contributed by atoms with Gasteiger partial charge in [-0.05, 0) is 23.8 Å². The molecule has 1 aromatic rings. The van der Waals surface area contributed by atoms with Gasteiger partial charge in [-0.3, -0.25) is 0 Å². The normalized spacial score (nSPS) is 17.8. The molecule has 0 unspecified atom stereocenters. The summed E-state index contributed by atoms with van der Waals surface area (Å²) in [6.07, 6.45) is -5.05. The van der Waals surface area contributed by atoms with Gasteiger partial charge in [-0.25, -0.2) is 4.79 Å². The smallest absolute Gasteiger partial charge is 0.430 e. The molecule has 7 heteroatoms. The van der Waals surface area contributed by atoms with Crippen molar-refractivity contribution >= 4 is 29.7 Å². The van der Waals surface area contributed by atoms with Crippen molar-refractivity contribution in [3.05, 3.63) is 40.4 Å². The van der Waals surface area contributed by atoms with E-state index in [9.17, 15) is 18.0 Å². The Balaban J connectivity index is 2.59. The van der Waals surface area contributed by atoms with Crippen molar-refractivity contribution in [3.8, 4) is 5.75 Å². The zero-order chi connectivity index (χ0) is 15.1. The van der Waals surface area contributed by atoms with Crippen LogP contribution in [0.25, 0.3) is 12.2 Å². The number of hydrogen-bond donors (Lipinski definition) is 1. The molecule has 20 heavy (non-hydrogen) atoms. The lowest BCUT2D eigenvalue weighted by Crippen LogP contribution is -2.40. The molecule has 2 rings (SSSR count). The van der Waals surface area contributed by atoms with E-state index in [4.69, 9.17) is 21.4 Å². The molecule has 0 spiro atoms. The van der Waals surface area contributed by atoms with Gasteiger partial charge in [0.15, 0.2) is 0 Å². The number of ether oxygens (including phenoxy) is 1. The molecule has 1 aliphatic heterocycles. The van der Waals surface area contributed by atoms with Crippen molar-refractivity contribution in [1.82, 2.24) is 0 Å². The van der Waals surface area contributed by atoms with E-state index in [1.807, 2.05) is 0 Å². The van der Waals surface area contributed by atoms with Gasteiger partial charge < -0.3 is 9.84 Å². The molecule has 1 aromatic carbocycles. The minimum absolute atomic E-state index is 0.0865. The molecule has 1 aliphatic rings. The largest absolute Gasteiger partial charge is 0.478 e. The van der Waals surface area contributed by atoms with Gasteiger partial charge in [0, 0.05) is 10.6 Å². The number of rotatable bonds is 2.